The Morgan fingerprint density at radius 3 is 2.60 bits per heavy atom. The highest BCUT2D eigenvalue weighted by molar-refractivity contribution is 6.30. The molecule has 0 spiro atoms. The maximum atomic E-state index is 13.7. The van der Waals surface area contributed by atoms with E-state index in [0.29, 0.717) is 17.1 Å². The van der Waals surface area contributed by atoms with Gasteiger partial charge in [-0.05, 0) is 30.2 Å². The summed E-state index contributed by atoms with van der Waals surface area (Å²) in [4.78, 5) is 0. The predicted molar refractivity (Wildman–Crippen MR) is 82.3 cm³/mol. The molecule has 1 atom stereocenters. The highest BCUT2D eigenvalue weighted by atomic mass is 35.5. The van der Waals surface area contributed by atoms with Crippen LogP contribution in [0.1, 0.15) is 36.9 Å². The molecule has 1 nitrogen and oxygen atoms in total. The molecule has 0 bridgehead atoms. The zero-order chi connectivity index (χ0) is 14.4. The Kier molecular flexibility index (Phi) is 5.57. The Morgan fingerprint density at radius 2 is 1.90 bits per heavy atom. The van der Waals surface area contributed by atoms with Gasteiger partial charge >= 0.3 is 0 Å². The molecule has 0 aliphatic carbocycles. The van der Waals surface area contributed by atoms with E-state index < -0.39 is 0 Å². The average molecular weight is 292 g/mol. The Morgan fingerprint density at radius 1 is 1.15 bits per heavy atom. The van der Waals surface area contributed by atoms with Gasteiger partial charge in [-0.25, -0.2) is 4.39 Å². The summed E-state index contributed by atoms with van der Waals surface area (Å²) in [6.07, 6.45) is 2.09. The van der Waals surface area contributed by atoms with Crippen molar-refractivity contribution in [3.8, 4) is 0 Å². The van der Waals surface area contributed by atoms with Gasteiger partial charge in [-0.2, -0.15) is 0 Å². The molecule has 1 unspecified atom stereocenters. The van der Waals surface area contributed by atoms with Crippen molar-refractivity contribution in [3.05, 3.63) is 70.5 Å². The summed E-state index contributed by atoms with van der Waals surface area (Å²) in [5.74, 6) is -0.217. The molecule has 0 aliphatic heterocycles. The molecule has 0 fully saturated rings. The maximum Gasteiger partial charge on any atom is 0.127 e. The molecule has 0 saturated carbocycles. The summed E-state index contributed by atoms with van der Waals surface area (Å²) >= 11 is 5.92. The second kappa shape index (κ2) is 7.41. The van der Waals surface area contributed by atoms with E-state index in [0.717, 1.165) is 12.8 Å². The summed E-state index contributed by atoms with van der Waals surface area (Å²) in [6, 6.07) is 15.2. The molecule has 2 rings (SSSR count). The summed E-state index contributed by atoms with van der Waals surface area (Å²) in [7, 11) is 0. The lowest BCUT2D eigenvalue weighted by Gasteiger charge is -2.19. The minimum Gasteiger partial charge on any atom is -0.306 e. The lowest BCUT2D eigenvalue weighted by atomic mass is 10.0. The van der Waals surface area contributed by atoms with E-state index in [1.807, 2.05) is 18.2 Å². The summed E-state index contributed by atoms with van der Waals surface area (Å²) in [5, 5.41) is 3.99. The SMILES string of the molecule is CCCC(NCc1cc(Cl)ccc1F)c1ccccc1. The van der Waals surface area contributed by atoms with Crippen LogP contribution in [0.3, 0.4) is 0 Å². The van der Waals surface area contributed by atoms with Crippen LogP contribution in [-0.2, 0) is 6.54 Å². The van der Waals surface area contributed by atoms with Gasteiger partial charge in [0.1, 0.15) is 5.82 Å². The van der Waals surface area contributed by atoms with Crippen molar-refractivity contribution in [2.75, 3.05) is 0 Å². The Bertz CT molecular complexity index is 542. The van der Waals surface area contributed by atoms with E-state index in [1.165, 1.54) is 11.6 Å². The normalized spacial score (nSPS) is 12.3. The minimum absolute atomic E-state index is 0.217. The van der Waals surface area contributed by atoms with Crippen molar-refractivity contribution in [3.63, 3.8) is 0 Å². The molecule has 0 amide bonds. The summed E-state index contributed by atoms with van der Waals surface area (Å²) in [5.41, 5.74) is 1.84. The minimum atomic E-state index is -0.217. The third-order valence-electron chi connectivity index (χ3n) is 3.33. The predicted octanol–water partition coefficient (Wildman–Crippen LogP) is 5.11. The molecule has 3 heteroatoms. The van der Waals surface area contributed by atoms with E-state index in [1.54, 1.807) is 12.1 Å². The molecule has 2 aromatic carbocycles. The number of hydrogen-bond donors (Lipinski definition) is 1. The molecule has 0 saturated heterocycles. The lowest BCUT2D eigenvalue weighted by molar-refractivity contribution is 0.483. The van der Waals surface area contributed by atoms with E-state index in [4.69, 9.17) is 11.6 Å². The number of nitrogens with one attached hydrogen (secondary N) is 1. The highest BCUT2D eigenvalue weighted by Crippen LogP contribution is 2.20. The highest BCUT2D eigenvalue weighted by Gasteiger charge is 2.11. The van der Waals surface area contributed by atoms with E-state index >= 15 is 0 Å². The van der Waals surface area contributed by atoms with Crippen LogP contribution in [0, 0.1) is 5.82 Å². The monoisotopic (exact) mass is 291 g/mol. The first-order valence-electron chi connectivity index (χ1n) is 6.93. The smallest absolute Gasteiger partial charge is 0.127 e. The van der Waals surface area contributed by atoms with Crippen molar-refractivity contribution in [2.45, 2.75) is 32.4 Å². The summed E-state index contributed by atoms with van der Waals surface area (Å²) < 4.78 is 13.7. The van der Waals surface area contributed by atoms with E-state index in [2.05, 4.69) is 24.4 Å². The molecular weight excluding hydrogens is 273 g/mol. The lowest BCUT2D eigenvalue weighted by Crippen LogP contribution is -2.21. The van der Waals surface area contributed by atoms with Crippen molar-refractivity contribution >= 4 is 11.6 Å². The van der Waals surface area contributed by atoms with Crippen LogP contribution in [0.25, 0.3) is 0 Å². The number of hydrogen-bond acceptors (Lipinski definition) is 1. The Labute approximate surface area is 124 Å². The fraction of sp³-hybridized carbons (Fsp3) is 0.294. The molecule has 0 aromatic heterocycles. The number of rotatable bonds is 6. The quantitative estimate of drug-likeness (QED) is 0.780. The first kappa shape index (κ1) is 15.0. The van der Waals surface area contributed by atoms with Crippen molar-refractivity contribution in [2.24, 2.45) is 0 Å². The topological polar surface area (TPSA) is 12.0 Å². The standard InChI is InChI=1S/C17H19ClFN/c1-2-6-17(13-7-4-3-5-8-13)20-12-14-11-15(18)9-10-16(14)19/h3-5,7-11,17,20H,2,6,12H2,1H3. The Hall–Kier alpha value is -1.38. The zero-order valence-corrected chi connectivity index (χ0v) is 12.3. The van der Waals surface area contributed by atoms with Crippen LogP contribution >= 0.6 is 11.6 Å². The van der Waals surface area contributed by atoms with Crippen LogP contribution in [-0.4, -0.2) is 0 Å². The molecule has 0 heterocycles. The molecule has 2 aromatic rings. The fourth-order valence-electron chi connectivity index (χ4n) is 2.27. The van der Waals surface area contributed by atoms with Gasteiger partial charge in [-0.15, -0.1) is 0 Å². The first-order chi connectivity index (χ1) is 9.70. The number of halogens is 2. The van der Waals surface area contributed by atoms with Crippen LogP contribution in [0.15, 0.2) is 48.5 Å². The zero-order valence-electron chi connectivity index (χ0n) is 11.6. The number of benzene rings is 2. The second-order valence-corrected chi connectivity index (χ2v) is 5.31. The van der Waals surface area contributed by atoms with Crippen LogP contribution in [0.4, 0.5) is 4.39 Å². The van der Waals surface area contributed by atoms with Gasteiger partial charge in [0.25, 0.3) is 0 Å². The second-order valence-electron chi connectivity index (χ2n) is 4.87. The molecule has 106 valence electrons. The van der Waals surface area contributed by atoms with Gasteiger partial charge in [0, 0.05) is 23.2 Å². The van der Waals surface area contributed by atoms with Crippen LogP contribution in [0.2, 0.25) is 5.02 Å². The average Bonchev–Trinajstić information content (AvgIpc) is 2.47. The third kappa shape index (κ3) is 4.06. The third-order valence-corrected chi connectivity index (χ3v) is 3.56. The van der Waals surface area contributed by atoms with Gasteiger partial charge in [0.2, 0.25) is 0 Å². The molecule has 0 radical (unpaired) electrons. The van der Waals surface area contributed by atoms with E-state index in [-0.39, 0.29) is 11.9 Å². The van der Waals surface area contributed by atoms with Crippen molar-refractivity contribution in [1.82, 2.24) is 5.32 Å². The molecule has 20 heavy (non-hydrogen) atoms. The molecular formula is C17H19ClFN. The fourth-order valence-corrected chi connectivity index (χ4v) is 2.47. The van der Waals surface area contributed by atoms with E-state index in [9.17, 15) is 4.39 Å². The van der Waals surface area contributed by atoms with Gasteiger partial charge in [0.05, 0.1) is 0 Å². The van der Waals surface area contributed by atoms with Crippen LogP contribution < -0.4 is 5.32 Å². The van der Waals surface area contributed by atoms with Gasteiger partial charge in [0.15, 0.2) is 0 Å². The maximum absolute atomic E-state index is 13.7. The van der Waals surface area contributed by atoms with Crippen LogP contribution in [0.5, 0.6) is 0 Å². The van der Waals surface area contributed by atoms with Gasteiger partial charge < -0.3 is 5.32 Å². The van der Waals surface area contributed by atoms with Crippen molar-refractivity contribution in [1.29, 1.82) is 0 Å². The van der Waals surface area contributed by atoms with Gasteiger partial charge in [-0.1, -0.05) is 55.3 Å². The molecule has 1 N–H and O–H groups in total. The van der Waals surface area contributed by atoms with Crippen molar-refractivity contribution < 1.29 is 4.39 Å². The summed E-state index contributed by atoms with van der Waals surface area (Å²) in [6.45, 7) is 2.63. The first-order valence-corrected chi connectivity index (χ1v) is 7.30. The molecule has 0 aliphatic rings. The van der Waals surface area contributed by atoms with Gasteiger partial charge in [-0.3, -0.25) is 0 Å². The Balaban J connectivity index is 2.07. The largest absolute Gasteiger partial charge is 0.306 e.